The highest BCUT2D eigenvalue weighted by Gasteiger charge is 2.44. The first-order valence-corrected chi connectivity index (χ1v) is 9.28. The fraction of sp³-hybridized carbons (Fsp3) is 0.474. The molecule has 5 atom stereocenters. The monoisotopic (exact) mass is 408 g/mol. The molecule has 158 valence electrons. The van der Waals surface area contributed by atoms with Crippen LogP contribution in [-0.4, -0.2) is 69.2 Å². The van der Waals surface area contributed by atoms with Gasteiger partial charge in [-0.05, 0) is 49.6 Å². The topological polar surface area (TPSA) is 158 Å². The molecule has 10 heteroatoms. The van der Waals surface area contributed by atoms with Crippen molar-refractivity contribution in [2.45, 2.75) is 56.0 Å². The number of benzene rings is 1. The molecule has 0 bridgehead atoms. The van der Waals surface area contributed by atoms with Crippen molar-refractivity contribution in [2.24, 2.45) is 0 Å². The predicted molar refractivity (Wildman–Crippen MR) is 100 cm³/mol. The Hall–Kier alpha value is -2.66. The molecule has 1 aromatic rings. The molecule has 6 N–H and O–H groups in total. The summed E-state index contributed by atoms with van der Waals surface area (Å²) in [6, 6.07) is 6.19. The minimum Gasteiger partial charge on any atom is -0.478 e. The molecule has 10 nitrogen and oxygen atoms in total. The van der Waals surface area contributed by atoms with E-state index in [0.717, 1.165) is 31.4 Å². The summed E-state index contributed by atoms with van der Waals surface area (Å²) in [5, 5.41) is 44.2. The Morgan fingerprint density at radius 1 is 1.07 bits per heavy atom. The average molecular weight is 408 g/mol. The molecule has 1 saturated carbocycles. The standard InChI is InChI=1S/C19H24N2O8/c22-14(23)9-8-13-15(24)16(25)17(26)18(29-13)28-12-6-4-11(5-7-12)21-19(27)20-10-2-1-3-10/h4-10,13,15-18,24-26H,1-3H2,(H,22,23)(H2,20,21,27)/b9-8+/t13-,15-,16+,17+,18+/m1/s1. The number of amides is 2. The Kier molecular flexibility index (Phi) is 6.70. The van der Waals surface area contributed by atoms with E-state index in [1.165, 1.54) is 12.1 Å². The van der Waals surface area contributed by atoms with Gasteiger partial charge in [-0.25, -0.2) is 9.59 Å². The highest BCUT2D eigenvalue weighted by Crippen LogP contribution is 2.26. The van der Waals surface area contributed by atoms with Gasteiger partial charge in [0.05, 0.1) is 0 Å². The van der Waals surface area contributed by atoms with Gasteiger partial charge in [0.2, 0.25) is 6.29 Å². The third kappa shape index (κ3) is 5.45. The smallest absolute Gasteiger partial charge is 0.328 e. The van der Waals surface area contributed by atoms with Crippen molar-refractivity contribution in [3.63, 3.8) is 0 Å². The van der Waals surface area contributed by atoms with Crippen LogP contribution in [0.4, 0.5) is 10.5 Å². The van der Waals surface area contributed by atoms with Crippen molar-refractivity contribution in [2.75, 3.05) is 5.32 Å². The first-order valence-electron chi connectivity index (χ1n) is 9.28. The molecule has 1 aliphatic carbocycles. The molecule has 0 spiro atoms. The lowest BCUT2D eigenvalue weighted by molar-refractivity contribution is -0.261. The molecule has 1 heterocycles. The maximum Gasteiger partial charge on any atom is 0.328 e. The van der Waals surface area contributed by atoms with Crippen molar-refractivity contribution < 1.29 is 39.5 Å². The molecular formula is C19H24N2O8. The highest BCUT2D eigenvalue weighted by atomic mass is 16.7. The molecule has 1 aliphatic heterocycles. The van der Waals surface area contributed by atoms with Gasteiger partial charge in [0.15, 0.2) is 0 Å². The van der Waals surface area contributed by atoms with E-state index < -0.39 is 36.7 Å². The molecule has 1 aromatic carbocycles. The summed E-state index contributed by atoms with van der Waals surface area (Å²) in [4.78, 5) is 22.5. The minimum atomic E-state index is -1.59. The van der Waals surface area contributed by atoms with Crippen LogP contribution in [0.15, 0.2) is 36.4 Å². The molecule has 2 amide bonds. The van der Waals surface area contributed by atoms with Gasteiger partial charge < -0.3 is 40.5 Å². The number of ether oxygens (including phenoxy) is 2. The molecule has 29 heavy (non-hydrogen) atoms. The summed E-state index contributed by atoms with van der Waals surface area (Å²) in [5.74, 6) is -0.966. The second-order valence-electron chi connectivity index (χ2n) is 7.01. The predicted octanol–water partition coefficient (Wildman–Crippen LogP) is 0.188. The summed E-state index contributed by atoms with van der Waals surface area (Å²) in [7, 11) is 0. The number of hydrogen-bond donors (Lipinski definition) is 6. The van der Waals surface area contributed by atoms with Gasteiger partial charge >= 0.3 is 12.0 Å². The SMILES string of the molecule is O=C(O)/C=C/[C@H]1O[C@H](Oc2ccc(NC(=O)NC3CCC3)cc2)[C@@H](O)[C@@H](O)[C@@H]1O. The second-order valence-corrected chi connectivity index (χ2v) is 7.01. The van der Waals surface area contributed by atoms with Gasteiger partial charge in [-0.3, -0.25) is 0 Å². The van der Waals surface area contributed by atoms with Crippen LogP contribution < -0.4 is 15.4 Å². The number of aliphatic hydroxyl groups excluding tert-OH is 3. The van der Waals surface area contributed by atoms with Crippen LogP contribution in [-0.2, 0) is 9.53 Å². The van der Waals surface area contributed by atoms with Crippen LogP contribution in [0.25, 0.3) is 0 Å². The van der Waals surface area contributed by atoms with E-state index in [2.05, 4.69) is 10.6 Å². The van der Waals surface area contributed by atoms with E-state index >= 15 is 0 Å². The maximum absolute atomic E-state index is 11.9. The van der Waals surface area contributed by atoms with E-state index in [1.807, 2.05) is 0 Å². The van der Waals surface area contributed by atoms with Crippen LogP contribution in [0.2, 0.25) is 0 Å². The molecule has 2 fully saturated rings. The Morgan fingerprint density at radius 2 is 1.76 bits per heavy atom. The summed E-state index contributed by atoms with van der Waals surface area (Å²) >= 11 is 0. The number of carboxylic acid groups (broad SMARTS) is 1. The molecular weight excluding hydrogens is 384 g/mol. The quantitative estimate of drug-likeness (QED) is 0.364. The molecule has 2 aliphatic rings. The number of carbonyl (C=O) groups excluding carboxylic acids is 1. The first-order chi connectivity index (χ1) is 13.8. The highest BCUT2D eigenvalue weighted by molar-refractivity contribution is 5.89. The normalized spacial score (nSPS) is 29.8. The lowest BCUT2D eigenvalue weighted by Gasteiger charge is -2.39. The number of nitrogens with one attached hydrogen (secondary N) is 2. The van der Waals surface area contributed by atoms with Gasteiger partial charge in [0.1, 0.15) is 30.2 Å². The Labute approximate surface area is 166 Å². The zero-order valence-electron chi connectivity index (χ0n) is 15.5. The largest absolute Gasteiger partial charge is 0.478 e. The van der Waals surface area contributed by atoms with Gasteiger partial charge in [-0.15, -0.1) is 0 Å². The van der Waals surface area contributed by atoms with Gasteiger partial charge in [0, 0.05) is 17.8 Å². The fourth-order valence-electron chi connectivity index (χ4n) is 2.96. The summed E-state index contributed by atoms with van der Waals surface area (Å²) < 4.78 is 10.9. The fourth-order valence-corrected chi connectivity index (χ4v) is 2.96. The third-order valence-electron chi connectivity index (χ3n) is 4.84. The van der Waals surface area contributed by atoms with Crippen molar-refractivity contribution >= 4 is 17.7 Å². The number of anilines is 1. The molecule has 0 unspecified atom stereocenters. The average Bonchev–Trinajstić information content (AvgIpc) is 2.65. The minimum absolute atomic E-state index is 0.215. The first kappa shape index (κ1) is 21.1. The van der Waals surface area contributed by atoms with Gasteiger partial charge in [0.25, 0.3) is 0 Å². The lowest BCUT2D eigenvalue weighted by atomic mass is 9.93. The van der Waals surface area contributed by atoms with Crippen LogP contribution in [0.3, 0.4) is 0 Å². The summed E-state index contributed by atoms with van der Waals surface area (Å²) in [5.41, 5.74) is 0.539. The summed E-state index contributed by atoms with van der Waals surface area (Å²) in [6.07, 6.45) is -2.26. The molecule has 0 radical (unpaired) electrons. The van der Waals surface area contributed by atoms with E-state index in [9.17, 15) is 24.9 Å². The van der Waals surface area contributed by atoms with Crippen LogP contribution >= 0.6 is 0 Å². The Morgan fingerprint density at radius 3 is 2.34 bits per heavy atom. The number of aliphatic hydroxyl groups is 3. The molecule has 1 saturated heterocycles. The van der Waals surface area contributed by atoms with Crippen molar-refractivity contribution in [1.29, 1.82) is 0 Å². The van der Waals surface area contributed by atoms with Crippen LogP contribution in [0, 0.1) is 0 Å². The van der Waals surface area contributed by atoms with E-state index in [0.29, 0.717) is 5.69 Å². The lowest BCUT2D eigenvalue weighted by Crippen LogP contribution is -2.58. The molecule has 3 rings (SSSR count). The maximum atomic E-state index is 11.9. The van der Waals surface area contributed by atoms with Crippen LogP contribution in [0.1, 0.15) is 19.3 Å². The number of carbonyl (C=O) groups is 2. The number of hydrogen-bond acceptors (Lipinski definition) is 7. The van der Waals surface area contributed by atoms with Crippen molar-refractivity contribution in [1.82, 2.24) is 5.32 Å². The van der Waals surface area contributed by atoms with E-state index in [-0.39, 0.29) is 17.8 Å². The zero-order chi connectivity index (χ0) is 21.0. The second kappa shape index (κ2) is 9.23. The van der Waals surface area contributed by atoms with E-state index in [4.69, 9.17) is 14.6 Å². The number of carboxylic acids is 1. The zero-order valence-corrected chi connectivity index (χ0v) is 15.5. The molecule has 0 aromatic heterocycles. The number of rotatable bonds is 6. The van der Waals surface area contributed by atoms with E-state index in [1.54, 1.807) is 12.1 Å². The van der Waals surface area contributed by atoms with Gasteiger partial charge in [-0.1, -0.05) is 0 Å². The third-order valence-corrected chi connectivity index (χ3v) is 4.84. The van der Waals surface area contributed by atoms with Crippen molar-refractivity contribution in [3.8, 4) is 5.75 Å². The van der Waals surface area contributed by atoms with Crippen LogP contribution in [0.5, 0.6) is 5.75 Å². The Balaban J connectivity index is 1.58. The summed E-state index contributed by atoms with van der Waals surface area (Å²) in [6.45, 7) is 0. The number of urea groups is 1. The van der Waals surface area contributed by atoms with Gasteiger partial charge in [-0.2, -0.15) is 0 Å². The number of aliphatic carboxylic acids is 1. The Bertz CT molecular complexity index is 749. The van der Waals surface area contributed by atoms with Crippen molar-refractivity contribution in [3.05, 3.63) is 36.4 Å².